The summed E-state index contributed by atoms with van der Waals surface area (Å²) >= 11 is 0. The third-order valence-corrected chi connectivity index (χ3v) is 15.2. The lowest BCUT2D eigenvalue weighted by Gasteiger charge is -2.55. The number of rotatable bonds is 5. The fourth-order valence-electron chi connectivity index (χ4n) is 7.28. The van der Waals surface area contributed by atoms with Crippen LogP contribution in [0.3, 0.4) is 0 Å². The smallest absolute Gasteiger partial charge is 0.192 e. The summed E-state index contributed by atoms with van der Waals surface area (Å²) in [6.45, 7) is 18.0. The standard InChI is InChI=1S/C27H47O4Si/c1-24(2,3)32(6,7)31-23-10-12-25(4,21(19-23)11-15-28)20-8-13-26(5)22(18-20)9-14-27(26)29-16-17-30-27/h15,18,20-23H,8-14,16-17,19H2,1-7H3/t20-,21-,22-,23-,25+,26-/m0/s1. The average molecular weight is 464 g/mol. The van der Waals surface area contributed by atoms with Crippen molar-refractivity contribution < 1.29 is 18.7 Å². The van der Waals surface area contributed by atoms with Crippen LogP contribution in [0.15, 0.2) is 0 Å². The van der Waals surface area contributed by atoms with Crippen LogP contribution in [0, 0.1) is 35.0 Å². The molecule has 5 heteroatoms. The molecule has 0 aromatic carbocycles. The molecule has 0 unspecified atom stereocenters. The summed E-state index contributed by atoms with van der Waals surface area (Å²) in [6, 6.07) is 0. The Morgan fingerprint density at radius 1 is 1.03 bits per heavy atom. The van der Waals surface area contributed by atoms with Crippen LogP contribution in [-0.2, 0) is 18.7 Å². The van der Waals surface area contributed by atoms with E-state index in [0.717, 1.165) is 51.6 Å². The van der Waals surface area contributed by atoms with E-state index in [1.54, 1.807) is 0 Å². The second-order valence-corrected chi connectivity index (χ2v) is 18.0. The highest BCUT2D eigenvalue weighted by atomic mass is 28.4. The summed E-state index contributed by atoms with van der Waals surface area (Å²) in [4.78, 5) is 11.7. The molecule has 0 aromatic rings. The maximum atomic E-state index is 11.7. The lowest BCUT2D eigenvalue weighted by molar-refractivity contribution is -0.231. The lowest BCUT2D eigenvalue weighted by atomic mass is 9.52. The average Bonchev–Trinajstić information content (AvgIpc) is 3.30. The highest BCUT2D eigenvalue weighted by Crippen LogP contribution is 2.64. The molecular formula is C27H47O4Si. The van der Waals surface area contributed by atoms with Gasteiger partial charge in [-0.25, -0.2) is 0 Å². The maximum Gasteiger partial charge on any atom is 0.192 e. The van der Waals surface area contributed by atoms with Crippen molar-refractivity contribution in [1.29, 1.82) is 0 Å². The first kappa shape index (κ1) is 24.9. The van der Waals surface area contributed by atoms with Crippen LogP contribution in [0.2, 0.25) is 18.1 Å². The molecule has 0 N–H and O–H groups in total. The van der Waals surface area contributed by atoms with E-state index in [2.05, 4.69) is 54.1 Å². The van der Waals surface area contributed by atoms with Crippen LogP contribution >= 0.6 is 0 Å². The molecule has 0 bridgehead atoms. The van der Waals surface area contributed by atoms with Crippen LogP contribution in [0.25, 0.3) is 0 Å². The summed E-state index contributed by atoms with van der Waals surface area (Å²) < 4.78 is 19.3. The Bertz CT molecular complexity index is 694. The molecule has 3 saturated carbocycles. The number of carbonyl (C=O) groups excluding carboxylic acids is 1. The molecular weight excluding hydrogens is 416 g/mol. The van der Waals surface area contributed by atoms with E-state index in [-0.39, 0.29) is 21.7 Å². The van der Waals surface area contributed by atoms with Crippen molar-refractivity contribution in [3.05, 3.63) is 6.42 Å². The highest BCUT2D eigenvalue weighted by Gasteiger charge is 2.63. The largest absolute Gasteiger partial charge is 0.414 e. The topological polar surface area (TPSA) is 44.8 Å². The van der Waals surface area contributed by atoms with Crippen molar-refractivity contribution >= 4 is 14.6 Å². The minimum Gasteiger partial charge on any atom is -0.414 e. The van der Waals surface area contributed by atoms with Crippen molar-refractivity contribution in [3.8, 4) is 0 Å². The van der Waals surface area contributed by atoms with Crippen LogP contribution < -0.4 is 0 Å². The van der Waals surface area contributed by atoms with E-state index in [4.69, 9.17) is 13.9 Å². The van der Waals surface area contributed by atoms with E-state index < -0.39 is 8.32 Å². The fraction of sp³-hybridized carbons (Fsp3) is 0.926. The zero-order valence-corrected chi connectivity index (χ0v) is 22.7. The molecule has 1 heterocycles. The minimum atomic E-state index is -1.80. The summed E-state index contributed by atoms with van der Waals surface area (Å²) in [6.07, 6.45) is 12.7. The molecule has 1 radical (unpaired) electrons. The Labute approximate surface area is 197 Å². The van der Waals surface area contributed by atoms with Gasteiger partial charge in [0.2, 0.25) is 0 Å². The van der Waals surface area contributed by atoms with Crippen molar-refractivity contribution in [2.45, 2.75) is 116 Å². The van der Waals surface area contributed by atoms with Crippen LogP contribution in [-0.4, -0.2) is 39.7 Å². The first-order valence-electron chi connectivity index (χ1n) is 13.1. The maximum absolute atomic E-state index is 11.7. The molecule has 4 aliphatic rings. The van der Waals surface area contributed by atoms with Gasteiger partial charge in [-0.1, -0.05) is 34.6 Å². The van der Waals surface area contributed by atoms with Gasteiger partial charge in [-0.3, -0.25) is 0 Å². The van der Waals surface area contributed by atoms with E-state index in [1.165, 1.54) is 12.8 Å². The van der Waals surface area contributed by atoms with Crippen molar-refractivity contribution in [1.82, 2.24) is 0 Å². The predicted octanol–water partition coefficient (Wildman–Crippen LogP) is 6.55. The van der Waals surface area contributed by atoms with Gasteiger partial charge in [0.1, 0.15) is 6.29 Å². The van der Waals surface area contributed by atoms with Gasteiger partial charge in [-0.05, 0) is 86.2 Å². The first-order valence-corrected chi connectivity index (χ1v) is 16.0. The lowest BCUT2D eigenvalue weighted by Crippen LogP contribution is -2.52. The Morgan fingerprint density at radius 3 is 2.31 bits per heavy atom. The Balaban J connectivity index is 1.47. The number of ether oxygens (including phenoxy) is 2. The van der Waals surface area contributed by atoms with Gasteiger partial charge in [0, 0.05) is 24.4 Å². The van der Waals surface area contributed by atoms with Crippen LogP contribution in [0.1, 0.15) is 86.0 Å². The summed E-state index contributed by atoms with van der Waals surface area (Å²) in [7, 11) is -1.80. The Morgan fingerprint density at radius 2 is 1.69 bits per heavy atom. The summed E-state index contributed by atoms with van der Waals surface area (Å²) in [5.74, 6) is 1.17. The van der Waals surface area contributed by atoms with Crippen molar-refractivity contribution in [2.24, 2.45) is 28.6 Å². The van der Waals surface area contributed by atoms with Crippen molar-refractivity contribution in [3.63, 3.8) is 0 Å². The normalized spacial score (nSPS) is 42.2. The molecule has 4 nitrogen and oxygen atoms in total. The van der Waals surface area contributed by atoms with Gasteiger partial charge in [0.05, 0.1) is 13.2 Å². The third kappa shape index (κ3) is 3.97. The summed E-state index contributed by atoms with van der Waals surface area (Å²) in [5, 5.41) is 0.221. The zero-order valence-electron chi connectivity index (χ0n) is 21.7. The zero-order chi connectivity index (χ0) is 23.4. The minimum absolute atomic E-state index is 0.0964. The second-order valence-electron chi connectivity index (χ2n) is 13.2. The number of hydrogen-bond donors (Lipinski definition) is 0. The molecule has 1 aliphatic heterocycles. The monoisotopic (exact) mass is 463 g/mol. The quantitative estimate of drug-likeness (QED) is 0.343. The predicted molar refractivity (Wildman–Crippen MR) is 131 cm³/mol. The number of hydrogen-bond acceptors (Lipinski definition) is 4. The number of fused-ring (bicyclic) bond motifs is 2. The SMILES string of the molecule is CC(C)(C)[Si](C)(C)O[C@H]1CC[C@](C)([C@@H]2[CH][C@@H]3CCC4(OCCO4)[C@@]3(C)CC2)[C@@H](CC=O)C1. The first-order chi connectivity index (χ1) is 14.9. The molecule has 32 heavy (non-hydrogen) atoms. The number of carbonyl (C=O) groups is 1. The molecule has 183 valence electrons. The molecule has 6 atom stereocenters. The molecule has 1 spiro atoms. The van der Waals surface area contributed by atoms with E-state index in [9.17, 15) is 4.79 Å². The second kappa shape index (κ2) is 8.46. The van der Waals surface area contributed by atoms with Crippen molar-refractivity contribution in [2.75, 3.05) is 13.2 Å². The van der Waals surface area contributed by atoms with E-state index in [1.807, 2.05) is 0 Å². The van der Waals surface area contributed by atoms with Gasteiger partial charge in [-0.15, -0.1) is 0 Å². The van der Waals surface area contributed by atoms with E-state index >= 15 is 0 Å². The molecule has 0 aromatic heterocycles. The molecule has 3 aliphatic carbocycles. The fourth-order valence-corrected chi connectivity index (χ4v) is 8.68. The van der Waals surface area contributed by atoms with Gasteiger partial charge < -0.3 is 18.7 Å². The van der Waals surface area contributed by atoms with Gasteiger partial charge in [0.15, 0.2) is 14.1 Å². The third-order valence-electron chi connectivity index (χ3n) is 10.6. The summed E-state index contributed by atoms with van der Waals surface area (Å²) in [5.41, 5.74) is 0.280. The molecule has 0 amide bonds. The Kier molecular flexibility index (Phi) is 6.58. The number of aldehydes is 1. The van der Waals surface area contributed by atoms with Gasteiger partial charge in [-0.2, -0.15) is 0 Å². The molecule has 4 fully saturated rings. The molecule has 1 saturated heterocycles. The van der Waals surface area contributed by atoms with Gasteiger partial charge in [0.25, 0.3) is 0 Å². The highest BCUT2D eigenvalue weighted by molar-refractivity contribution is 6.74. The van der Waals surface area contributed by atoms with Crippen LogP contribution in [0.5, 0.6) is 0 Å². The van der Waals surface area contributed by atoms with Gasteiger partial charge >= 0.3 is 0 Å². The molecule has 4 rings (SSSR count). The van der Waals surface area contributed by atoms with E-state index in [0.29, 0.717) is 30.3 Å². The Hall–Kier alpha value is -0.233. The van der Waals surface area contributed by atoms with Crippen LogP contribution in [0.4, 0.5) is 0 Å².